The fraction of sp³-hybridized carbons (Fsp3) is 0.467. The summed E-state index contributed by atoms with van der Waals surface area (Å²) in [7, 11) is 0. The summed E-state index contributed by atoms with van der Waals surface area (Å²) in [5, 5.41) is 14.6. The van der Waals surface area contributed by atoms with E-state index in [9.17, 15) is 14.7 Å². The van der Waals surface area contributed by atoms with E-state index in [2.05, 4.69) is 10.6 Å². The number of aliphatic carboxylic acids is 1. The van der Waals surface area contributed by atoms with Crippen LogP contribution in [0.15, 0.2) is 30.3 Å². The third kappa shape index (κ3) is 4.26. The highest BCUT2D eigenvalue weighted by Gasteiger charge is 2.26. The van der Waals surface area contributed by atoms with E-state index >= 15 is 0 Å². The normalized spacial score (nSPS) is 12.6. The summed E-state index contributed by atoms with van der Waals surface area (Å²) < 4.78 is 0. The van der Waals surface area contributed by atoms with Crippen molar-refractivity contribution >= 4 is 12.0 Å². The zero-order valence-corrected chi connectivity index (χ0v) is 12.1. The first-order chi connectivity index (χ1) is 9.41. The molecule has 0 heterocycles. The van der Waals surface area contributed by atoms with Gasteiger partial charge < -0.3 is 15.7 Å². The van der Waals surface area contributed by atoms with Gasteiger partial charge in [0.1, 0.15) is 0 Å². The summed E-state index contributed by atoms with van der Waals surface area (Å²) in [4.78, 5) is 23.3. The summed E-state index contributed by atoms with van der Waals surface area (Å²) in [6.07, 6.45) is 1.56. The summed E-state index contributed by atoms with van der Waals surface area (Å²) >= 11 is 0. The predicted octanol–water partition coefficient (Wildman–Crippen LogP) is 2.69. The lowest BCUT2D eigenvalue weighted by Crippen LogP contribution is -2.51. The van der Waals surface area contributed by atoms with E-state index in [1.54, 1.807) is 30.3 Å². The van der Waals surface area contributed by atoms with Gasteiger partial charge >= 0.3 is 12.0 Å². The molecule has 1 aromatic carbocycles. The second-order valence-electron chi connectivity index (χ2n) is 5.05. The molecular weight excluding hydrogens is 256 g/mol. The molecule has 0 saturated carbocycles. The molecule has 1 atom stereocenters. The summed E-state index contributed by atoms with van der Waals surface area (Å²) in [5.74, 6) is -1.08. The van der Waals surface area contributed by atoms with Crippen LogP contribution in [0.1, 0.15) is 45.2 Å². The van der Waals surface area contributed by atoms with Gasteiger partial charge in [0.25, 0.3) is 0 Å². The van der Waals surface area contributed by atoms with Crippen molar-refractivity contribution in [3.8, 4) is 0 Å². The van der Waals surface area contributed by atoms with E-state index in [1.807, 2.05) is 20.8 Å². The minimum Gasteiger partial charge on any atom is -0.479 e. The first-order valence-electron chi connectivity index (χ1n) is 6.78. The summed E-state index contributed by atoms with van der Waals surface area (Å²) in [6, 6.07) is 7.13. The minimum absolute atomic E-state index is 0.330. The topological polar surface area (TPSA) is 78.4 Å². The number of benzene rings is 1. The average Bonchev–Trinajstić information content (AvgIpc) is 2.45. The first kappa shape index (κ1) is 16.0. The Hall–Kier alpha value is -2.04. The zero-order chi connectivity index (χ0) is 15.2. The standard InChI is InChI=1S/C15H22N2O3/c1-4-15(3,5-2)17-14(20)16-12(13(18)19)11-9-7-6-8-10-11/h6-10,12H,4-5H2,1-3H3,(H,18,19)(H2,16,17,20). The van der Waals surface area contributed by atoms with Crippen LogP contribution >= 0.6 is 0 Å². The third-order valence-electron chi connectivity index (χ3n) is 3.63. The Kier molecular flexibility index (Phi) is 5.55. The Morgan fingerprint density at radius 2 is 1.75 bits per heavy atom. The molecule has 0 spiro atoms. The number of carbonyl (C=O) groups is 2. The monoisotopic (exact) mass is 278 g/mol. The molecule has 5 heteroatoms. The van der Waals surface area contributed by atoms with Gasteiger partial charge in [-0.2, -0.15) is 0 Å². The van der Waals surface area contributed by atoms with Crippen LogP contribution in [0.25, 0.3) is 0 Å². The Balaban J connectivity index is 2.78. The molecule has 0 radical (unpaired) electrons. The maximum atomic E-state index is 12.0. The van der Waals surface area contributed by atoms with Crippen LogP contribution in [0, 0.1) is 0 Å². The maximum Gasteiger partial charge on any atom is 0.330 e. The molecule has 3 N–H and O–H groups in total. The number of carbonyl (C=O) groups excluding carboxylic acids is 1. The SMILES string of the molecule is CCC(C)(CC)NC(=O)NC(C(=O)O)c1ccccc1. The smallest absolute Gasteiger partial charge is 0.330 e. The average molecular weight is 278 g/mol. The number of rotatable bonds is 6. The largest absolute Gasteiger partial charge is 0.479 e. The van der Waals surface area contributed by atoms with E-state index in [-0.39, 0.29) is 5.54 Å². The van der Waals surface area contributed by atoms with Gasteiger partial charge in [0.15, 0.2) is 6.04 Å². The Bertz CT molecular complexity index is 455. The Morgan fingerprint density at radius 1 is 1.20 bits per heavy atom. The van der Waals surface area contributed by atoms with Gasteiger partial charge in [-0.05, 0) is 25.3 Å². The molecule has 1 aromatic rings. The molecule has 5 nitrogen and oxygen atoms in total. The lowest BCUT2D eigenvalue weighted by molar-refractivity contribution is -0.139. The van der Waals surface area contributed by atoms with Crippen LogP contribution in [-0.2, 0) is 4.79 Å². The van der Waals surface area contributed by atoms with Crippen molar-refractivity contribution in [1.82, 2.24) is 10.6 Å². The molecule has 0 aromatic heterocycles. The van der Waals surface area contributed by atoms with Crippen molar-refractivity contribution in [2.24, 2.45) is 0 Å². The molecule has 1 unspecified atom stereocenters. The van der Waals surface area contributed by atoms with Gasteiger partial charge in [-0.1, -0.05) is 44.2 Å². The van der Waals surface area contributed by atoms with Crippen LogP contribution in [-0.4, -0.2) is 22.6 Å². The molecule has 0 bridgehead atoms. The van der Waals surface area contributed by atoms with Crippen LogP contribution in [0.4, 0.5) is 4.79 Å². The van der Waals surface area contributed by atoms with E-state index in [4.69, 9.17) is 0 Å². The number of urea groups is 1. The fourth-order valence-corrected chi connectivity index (χ4v) is 1.80. The van der Waals surface area contributed by atoms with Gasteiger partial charge in [0.05, 0.1) is 0 Å². The molecule has 110 valence electrons. The molecule has 1 rings (SSSR count). The Morgan fingerprint density at radius 3 is 2.20 bits per heavy atom. The number of carboxylic acids is 1. The van der Waals surface area contributed by atoms with E-state index in [0.29, 0.717) is 5.56 Å². The molecular formula is C15H22N2O3. The molecule has 0 fully saturated rings. The molecule has 2 amide bonds. The van der Waals surface area contributed by atoms with Crippen LogP contribution < -0.4 is 10.6 Å². The van der Waals surface area contributed by atoms with E-state index in [1.165, 1.54) is 0 Å². The maximum absolute atomic E-state index is 12.0. The lowest BCUT2D eigenvalue weighted by Gasteiger charge is -2.29. The molecule has 0 aliphatic carbocycles. The van der Waals surface area contributed by atoms with Gasteiger partial charge in [0.2, 0.25) is 0 Å². The van der Waals surface area contributed by atoms with E-state index < -0.39 is 18.0 Å². The van der Waals surface area contributed by atoms with Crippen molar-refractivity contribution in [2.45, 2.75) is 45.2 Å². The Labute approximate surface area is 119 Å². The summed E-state index contributed by atoms with van der Waals surface area (Å²) in [6.45, 7) is 5.90. The summed E-state index contributed by atoms with van der Waals surface area (Å²) in [5.41, 5.74) is 0.217. The fourth-order valence-electron chi connectivity index (χ4n) is 1.80. The quantitative estimate of drug-likeness (QED) is 0.748. The second-order valence-corrected chi connectivity index (χ2v) is 5.05. The van der Waals surface area contributed by atoms with Crippen LogP contribution in [0.3, 0.4) is 0 Å². The third-order valence-corrected chi connectivity index (χ3v) is 3.63. The number of carboxylic acid groups (broad SMARTS) is 1. The van der Waals surface area contributed by atoms with Gasteiger partial charge in [-0.15, -0.1) is 0 Å². The van der Waals surface area contributed by atoms with Crippen molar-refractivity contribution in [3.05, 3.63) is 35.9 Å². The second kappa shape index (κ2) is 6.93. The molecule has 0 saturated heterocycles. The molecule has 0 aliphatic heterocycles. The van der Waals surface area contributed by atoms with Crippen LogP contribution in [0.2, 0.25) is 0 Å². The minimum atomic E-state index is -1.08. The van der Waals surface area contributed by atoms with Gasteiger partial charge in [-0.3, -0.25) is 0 Å². The number of amides is 2. The van der Waals surface area contributed by atoms with Crippen molar-refractivity contribution in [2.75, 3.05) is 0 Å². The van der Waals surface area contributed by atoms with Crippen molar-refractivity contribution in [1.29, 1.82) is 0 Å². The first-order valence-corrected chi connectivity index (χ1v) is 6.78. The predicted molar refractivity (Wildman–Crippen MR) is 77.5 cm³/mol. The van der Waals surface area contributed by atoms with Gasteiger partial charge in [0, 0.05) is 5.54 Å². The van der Waals surface area contributed by atoms with Crippen molar-refractivity contribution < 1.29 is 14.7 Å². The highest BCUT2D eigenvalue weighted by Crippen LogP contribution is 2.15. The number of hydrogen-bond acceptors (Lipinski definition) is 2. The van der Waals surface area contributed by atoms with Gasteiger partial charge in [-0.25, -0.2) is 9.59 Å². The highest BCUT2D eigenvalue weighted by atomic mass is 16.4. The van der Waals surface area contributed by atoms with Crippen LogP contribution in [0.5, 0.6) is 0 Å². The zero-order valence-electron chi connectivity index (χ0n) is 12.1. The number of nitrogens with one attached hydrogen (secondary N) is 2. The highest BCUT2D eigenvalue weighted by molar-refractivity contribution is 5.83. The van der Waals surface area contributed by atoms with Crippen molar-refractivity contribution in [3.63, 3.8) is 0 Å². The molecule has 0 aliphatic rings. The van der Waals surface area contributed by atoms with E-state index in [0.717, 1.165) is 12.8 Å². The molecule has 20 heavy (non-hydrogen) atoms. The lowest BCUT2D eigenvalue weighted by atomic mass is 9.96. The number of hydrogen-bond donors (Lipinski definition) is 3.